The zero-order chi connectivity index (χ0) is 22.4. The Morgan fingerprint density at radius 1 is 1.00 bits per heavy atom. The van der Waals surface area contributed by atoms with Gasteiger partial charge in [0, 0.05) is 6.42 Å². The van der Waals surface area contributed by atoms with Gasteiger partial charge in [0.1, 0.15) is 6.54 Å². The maximum Gasteiger partial charge on any atom is 0.322 e. The van der Waals surface area contributed by atoms with Crippen molar-refractivity contribution in [1.82, 2.24) is 5.32 Å². The molecule has 7 unspecified atom stereocenters. The summed E-state index contributed by atoms with van der Waals surface area (Å²) in [5.41, 5.74) is 0.810. The molecule has 0 aromatic heterocycles. The van der Waals surface area contributed by atoms with Crippen LogP contribution in [0.2, 0.25) is 0 Å². The van der Waals surface area contributed by atoms with Gasteiger partial charge in [-0.15, -0.1) is 0 Å². The van der Waals surface area contributed by atoms with Gasteiger partial charge in [-0.1, -0.05) is 20.8 Å². The van der Waals surface area contributed by atoms with Crippen molar-refractivity contribution in [2.24, 2.45) is 46.3 Å². The number of carbonyl (C=O) groups is 2. The fraction of sp³-hybridized carbons (Fsp3) is 0.923. The SMILES string of the molecule is CC(CCC(=O)NCC(=O)O)C1CCC2C3CCC4CC(O)CC[C@]4(C)C3CC[C@]12C. The third kappa shape index (κ3) is 4.16. The van der Waals surface area contributed by atoms with E-state index in [0.29, 0.717) is 35.0 Å². The summed E-state index contributed by atoms with van der Waals surface area (Å²) in [6.45, 7) is 7.13. The van der Waals surface area contributed by atoms with Gasteiger partial charge in [-0.2, -0.15) is 0 Å². The van der Waals surface area contributed by atoms with Gasteiger partial charge in [-0.25, -0.2) is 0 Å². The van der Waals surface area contributed by atoms with Gasteiger partial charge < -0.3 is 15.5 Å². The van der Waals surface area contributed by atoms with Crippen molar-refractivity contribution in [2.75, 3.05) is 6.54 Å². The lowest BCUT2D eigenvalue weighted by Crippen LogP contribution is -2.54. The molecule has 176 valence electrons. The van der Waals surface area contributed by atoms with Gasteiger partial charge in [0.2, 0.25) is 5.91 Å². The van der Waals surface area contributed by atoms with Gasteiger partial charge >= 0.3 is 5.97 Å². The fourth-order valence-electron chi connectivity index (χ4n) is 9.03. The van der Waals surface area contributed by atoms with Gasteiger partial charge in [0.15, 0.2) is 0 Å². The molecule has 0 aromatic carbocycles. The Morgan fingerprint density at radius 3 is 2.45 bits per heavy atom. The minimum atomic E-state index is -0.986. The summed E-state index contributed by atoms with van der Waals surface area (Å²) in [4.78, 5) is 22.7. The van der Waals surface area contributed by atoms with Gasteiger partial charge in [-0.05, 0) is 111 Å². The van der Waals surface area contributed by atoms with Crippen LogP contribution in [0, 0.1) is 46.3 Å². The molecule has 5 nitrogen and oxygen atoms in total. The molecule has 1 amide bonds. The minimum absolute atomic E-state index is 0.0760. The molecule has 5 heteroatoms. The molecule has 0 aromatic rings. The molecule has 4 rings (SSSR count). The topological polar surface area (TPSA) is 86.6 Å². The van der Waals surface area contributed by atoms with Crippen LogP contribution < -0.4 is 5.32 Å². The molecule has 0 radical (unpaired) electrons. The number of carboxylic acids is 1. The molecule has 0 aliphatic heterocycles. The first-order chi connectivity index (χ1) is 14.6. The van der Waals surface area contributed by atoms with Gasteiger partial charge in [-0.3, -0.25) is 9.59 Å². The van der Waals surface area contributed by atoms with Crippen LogP contribution in [0.25, 0.3) is 0 Å². The van der Waals surface area contributed by atoms with E-state index < -0.39 is 5.97 Å². The Morgan fingerprint density at radius 2 is 1.71 bits per heavy atom. The molecule has 9 atom stereocenters. The highest BCUT2D eigenvalue weighted by molar-refractivity contribution is 5.81. The van der Waals surface area contributed by atoms with Crippen LogP contribution in [-0.4, -0.2) is 34.7 Å². The molecule has 4 aliphatic carbocycles. The molecule has 0 heterocycles. The first-order valence-corrected chi connectivity index (χ1v) is 12.8. The van der Waals surface area contributed by atoms with Crippen molar-refractivity contribution >= 4 is 11.9 Å². The number of aliphatic hydroxyl groups is 1. The van der Waals surface area contributed by atoms with Crippen molar-refractivity contribution in [1.29, 1.82) is 0 Å². The van der Waals surface area contributed by atoms with Crippen LogP contribution in [0.1, 0.15) is 91.4 Å². The van der Waals surface area contributed by atoms with Crippen LogP contribution in [0.15, 0.2) is 0 Å². The summed E-state index contributed by atoms with van der Waals surface area (Å²) in [5.74, 6) is 3.23. The largest absolute Gasteiger partial charge is 0.480 e. The second-order valence-electron chi connectivity index (χ2n) is 12.0. The monoisotopic (exact) mass is 433 g/mol. The normalized spacial score (nSPS) is 45.2. The summed E-state index contributed by atoms with van der Waals surface area (Å²) in [5, 5.41) is 21.5. The number of aliphatic carboxylic acids is 1. The van der Waals surface area contributed by atoms with Crippen molar-refractivity contribution in [3.8, 4) is 0 Å². The van der Waals surface area contributed by atoms with Crippen LogP contribution in [0.3, 0.4) is 0 Å². The molecule has 4 saturated carbocycles. The Balaban J connectivity index is 1.40. The summed E-state index contributed by atoms with van der Waals surface area (Å²) in [6.07, 6.45) is 12.3. The first-order valence-electron chi connectivity index (χ1n) is 12.8. The number of amides is 1. The number of rotatable bonds is 6. The maximum absolute atomic E-state index is 12.0. The molecule has 31 heavy (non-hydrogen) atoms. The van der Waals surface area contributed by atoms with E-state index in [1.165, 1.54) is 44.9 Å². The van der Waals surface area contributed by atoms with E-state index >= 15 is 0 Å². The van der Waals surface area contributed by atoms with Crippen molar-refractivity contribution in [3.05, 3.63) is 0 Å². The van der Waals surface area contributed by atoms with E-state index in [0.717, 1.165) is 37.0 Å². The summed E-state index contributed by atoms with van der Waals surface area (Å²) in [6, 6.07) is 0. The van der Waals surface area contributed by atoms with E-state index in [-0.39, 0.29) is 18.6 Å². The highest BCUT2D eigenvalue weighted by Gasteiger charge is 2.60. The summed E-state index contributed by atoms with van der Waals surface area (Å²) < 4.78 is 0. The average molecular weight is 434 g/mol. The Labute approximate surface area is 187 Å². The number of carboxylic acid groups (broad SMARTS) is 1. The van der Waals surface area contributed by atoms with Crippen LogP contribution >= 0.6 is 0 Å². The molecular weight excluding hydrogens is 390 g/mol. The lowest BCUT2D eigenvalue weighted by atomic mass is 9.44. The predicted octanol–water partition coefficient (Wildman–Crippen LogP) is 4.62. The second kappa shape index (κ2) is 8.68. The molecule has 3 N–H and O–H groups in total. The Kier molecular flexibility index (Phi) is 6.46. The minimum Gasteiger partial charge on any atom is -0.480 e. The Bertz CT molecular complexity index is 695. The van der Waals surface area contributed by atoms with E-state index in [1.54, 1.807) is 0 Å². The molecule has 4 fully saturated rings. The smallest absolute Gasteiger partial charge is 0.322 e. The Hall–Kier alpha value is -1.10. The standard InChI is InChI=1S/C26H43NO4/c1-16(4-9-23(29)27-15-24(30)31)20-7-8-21-19-6-5-17-14-18(28)10-12-25(17,2)22(19)11-13-26(20,21)3/h16-22,28H,4-15H2,1-3H3,(H,27,29)(H,30,31)/t16?,17?,18?,19?,20?,21?,22?,25-,26+/m0/s1. The number of hydrogen-bond acceptors (Lipinski definition) is 3. The highest BCUT2D eigenvalue weighted by Crippen LogP contribution is 2.68. The lowest BCUT2D eigenvalue weighted by Gasteiger charge is -2.61. The number of hydrogen-bond donors (Lipinski definition) is 3. The average Bonchev–Trinajstić information content (AvgIpc) is 3.08. The number of nitrogens with one attached hydrogen (secondary N) is 1. The zero-order valence-electron chi connectivity index (χ0n) is 19.7. The molecule has 4 aliphatic rings. The first kappa shape index (κ1) is 23.1. The third-order valence-corrected chi connectivity index (χ3v) is 10.7. The lowest BCUT2D eigenvalue weighted by molar-refractivity contribution is -0.138. The summed E-state index contributed by atoms with van der Waals surface area (Å²) in [7, 11) is 0. The molecule has 0 saturated heterocycles. The number of carbonyl (C=O) groups excluding carboxylic acids is 1. The number of aliphatic hydroxyl groups excluding tert-OH is 1. The summed E-state index contributed by atoms with van der Waals surface area (Å²) >= 11 is 0. The van der Waals surface area contributed by atoms with E-state index in [2.05, 4.69) is 26.1 Å². The maximum atomic E-state index is 12.0. The molecular formula is C26H43NO4. The van der Waals surface area contributed by atoms with Gasteiger partial charge in [0.05, 0.1) is 6.10 Å². The van der Waals surface area contributed by atoms with Crippen LogP contribution in [0.4, 0.5) is 0 Å². The molecule has 0 spiro atoms. The third-order valence-electron chi connectivity index (χ3n) is 10.7. The van der Waals surface area contributed by atoms with E-state index in [9.17, 15) is 14.7 Å². The van der Waals surface area contributed by atoms with E-state index in [4.69, 9.17) is 5.11 Å². The van der Waals surface area contributed by atoms with Crippen LogP contribution in [0.5, 0.6) is 0 Å². The highest BCUT2D eigenvalue weighted by atomic mass is 16.4. The predicted molar refractivity (Wildman–Crippen MR) is 120 cm³/mol. The van der Waals surface area contributed by atoms with Crippen LogP contribution in [-0.2, 0) is 9.59 Å². The quantitative estimate of drug-likeness (QED) is 0.570. The zero-order valence-corrected chi connectivity index (χ0v) is 19.7. The number of fused-ring (bicyclic) bond motifs is 5. The van der Waals surface area contributed by atoms with Crippen molar-refractivity contribution in [2.45, 2.75) is 97.5 Å². The van der Waals surface area contributed by atoms with Crippen molar-refractivity contribution in [3.63, 3.8) is 0 Å². The molecule has 0 bridgehead atoms. The van der Waals surface area contributed by atoms with Gasteiger partial charge in [0.25, 0.3) is 0 Å². The van der Waals surface area contributed by atoms with E-state index in [1.807, 2.05) is 0 Å². The van der Waals surface area contributed by atoms with Crippen molar-refractivity contribution < 1.29 is 19.8 Å². The fourth-order valence-corrected chi connectivity index (χ4v) is 9.03. The second-order valence-corrected chi connectivity index (χ2v) is 12.0.